The summed E-state index contributed by atoms with van der Waals surface area (Å²) in [6.07, 6.45) is 0. The molecule has 1 aromatic rings. The number of hydrogen-bond acceptors (Lipinski definition) is 6. The van der Waals surface area contributed by atoms with Crippen molar-refractivity contribution in [1.82, 2.24) is 15.6 Å². The van der Waals surface area contributed by atoms with E-state index in [0.717, 1.165) is 11.6 Å². The van der Waals surface area contributed by atoms with E-state index in [-0.39, 0.29) is 24.2 Å². The van der Waals surface area contributed by atoms with E-state index in [4.69, 9.17) is 5.11 Å². The molecule has 6 nitrogen and oxygen atoms in total. The molecule has 1 amide bonds. The largest absolute Gasteiger partial charge is 0.476 e. The van der Waals surface area contributed by atoms with Gasteiger partial charge in [-0.3, -0.25) is 10.1 Å². The van der Waals surface area contributed by atoms with Crippen LogP contribution in [0, 0.1) is 0 Å². The second kappa shape index (κ2) is 5.48. The molecule has 0 saturated carbocycles. The van der Waals surface area contributed by atoms with Crippen LogP contribution in [0.5, 0.6) is 0 Å². The maximum atomic E-state index is 11.6. The summed E-state index contributed by atoms with van der Waals surface area (Å²) in [6.45, 7) is 0.277. The third kappa shape index (κ3) is 3.18. The van der Waals surface area contributed by atoms with Crippen LogP contribution < -0.4 is 10.6 Å². The van der Waals surface area contributed by atoms with Gasteiger partial charge in [0.2, 0.25) is 5.91 Å². The van der Waals surface area contributed by atoms with Crippen LogP contribution in [0.4, 0.5) is 0 Å². The smallest absolute Gasteiger partial charge is 0.355 e. The third-order valence-corrected chi connectivity index (χ3v) is 4.01. The van der Waals surface area contributed by atoms with Gasteiger partial charge in [0.05, 0.1) is 12.6 Å². The molecule has 1 aliphatic rings. The highest BCUT2D eigenvalue weighted by atomic mass is 32.2. The number of carboxylic acids is 1. The molecule has 2 heterocycles. The summed E-state index contributed by atoms with van der Waals surface area (Å²) < 4.78 is 0. The number of rotatable bonds is 4. The standard InChI is InChI=1S/C9H11N3O3S2/c13-8(5-2-16-4-11-5)10-1-7-12-6(3-17-7)9(14)15/h3,5,11H,1-2,4H2,(H,10,13)(H,14,15). The molecular weight excluding hydrogens is 262 g/mol. The summed E-state index contributed by atoms with van der Waals surface area (Å²) in [5.74, 6) is 0.442. The monoisotopic (exact) mass is 273 g/mol. The van der Waals surface area contributed by atoms with Gasteiger partial charge in [-0.1, -0.05) is 0 Å². The molecule has 0 bridgehead atoms. The maximum Gasteiger partial charge on any atom is 0.355 e. The van der Waals surface area contributed by atoms with E-state index in [1.165, 1.54) is 16.7 Å². The lowest BCUT2D eigenvalue weighted by molar-refractivity contribution is -0.122. The van der Waals surface area contributed by atoms with E-state index in [9.17, 15) is 9.59 Å². The van der Waals surface area contributed by atoms with Crippen molar-refractivity contribution >= 4 is 35.0 Å². The molecular formula is C9H11N3O3S2. The molecule has 1 aliphatic heterocycles. The van der Waals surface area contributed by atoms with Crippen molar-refractivity contribution in [2.24, 2.45) is 0 Å². The fourth-order valence-electron chi connectivity index (χ4n) is 1.34. The van der Waals surface area contributed by atoms with E-state index < -0.39 is 5.97 Å². The van der Waals surface area contributed by atoms with Crippen LogP contribution in [-0.2, 0) is 11.3 Å². The van der Waals surface area contributed by atoms with Gasteiger partial charge in [0.25, 0.3) is 0 Å². The summed E-state index contributed by atoms with van der Waals surface area (Å²) in [5.41, 5.74) is 0.0220. The molecule has 1 aromatic heterocycles. The van der Waals surface area contributed by atoms with E-state index in [1.807, 2.05) is 0 Å². The van der Waals surface area contributed by atoms with Gasteiger partial charge >= 0.3 is 5.97 Å². The molecule has 1 atom stereocenters. The molecule has 0 spiro atoms. The average Bonchev–Trinajstić information content (AvgIpc) is 2.97. The molecule has 1 unspecified atom stereocenters. The SMILES string of the molecule is O=C(O)c1csc(CNC(=O)C2CSCN2)n1. The number of carbonyl (C=O) groups is 2. The topological polar surface area (TPSA) is 91.3 Å². The van der Waals surface area contributed by atoms with Crippen LogP contribution in [0.15, 0.2) is 5.38 Å². The highest BCUT2D eigenvalue weighted by molar-refractivity contribution is 7.99. The zero-order valence-corrected chi connectivity index (χ0v) is 10.4. The molecule has 1 saturated heterocycles. The number of aromatic nitrogens is 1. The van der Waals surface area contributed by atoms with Crippen LogP contribution in [-0.4, -0.2) is 39.6 Å². The van der Waals surface area contributed by atoms with Crippen LogP contribution in [0.1, 0.15) is 15.5 Å². The Balaban J connectivity index is 1.84. The number of thiazole rings is 1. The first-order chi connectivity index (χ1) is 8.16. The number of amides is 1. The Morgan fingerprint density at radius 2 is 2.47 bits per heavy atom. The lowest BCUT2D eigenvalue weighted by Gasteiger charge is -2.08. The van der Waals surface area contributed by atoms with E-state index in [1.54, 1.807) is 11.8 Å². The second-order valence-electron chi connectivity index (χ2n) is 3.42. The number of nitrogens with one attached hydrogen (secondary N) is 2. The highest BCUT2D eigenvalue weighted by Crippen LogP contribution is 2.11. The Morgan fingerprint density at radius 3 is 3.06 bits per heavy atom. The highest BCUT2D eigenvalue weighted by Gasteiger charge is 2.22. The van der Waals surface area contributed by atoms with Gasteiger partial charge in [0, 0.05) is 17.0 Å². The van der Waals surface area contributed by atoms with Crippen molar-refractivity contribution in [3.8, 4) is 0 Å². The fraction of sp³-hybridized carbons (Fsp3) is 0.444. The van der Waals surface area contributed by atoms with Crippen LogP contribution >= 0.6 is 23.1 Å². The van der Waals surface area contributed by atoms with E-state index >= 15 is 0 Å². The molecule has 0 aliphatic carbocycles. The number of nitrogens with zero attached hydrogens (tertiary/aromatic N) is 1. The van der Waals surface area contributed by atoms with Gasteiger partial charge in [-0.25, -0.2) is 9.78 Å². The van der Waals surface area contributed by atoms with Crippen LogP contribution in [0.2, 0.25) is 0 Å². The van der Waals surface area contributed by atoms with Gasteiger partial charge in [0.15, 0.2) is 5.69 Å². The predicted molar refractivity (Wildman–Crippen MR) is 65.2 cm³/mol. The number of carbonyl (C=O) groups excluding carboxylic acids is 1. The van der Waals surface area contributed by atoms with Crippen LogP contribution in [0.3, 0.4) is 0 Å². The van der Waals surface area contributed by atoms with Crippen molar-refractivity contribution in [2.75, 3.05) is 11.6 Å². The molecule has 8 heteroatoms. The number of hydrogen-bond donors (Lipinski definition) is 3. The summed E-state index contributed by atoms with van der Waals surface area (Å²) >= 11 is 2.91. The minimum atomic E-state index is -1.05. The minimum Gasteiger partial charge on any atom is -0.476 e. The Hall–Kier alpha value is -1.12. The van der Waals surface area contributed by atoms with Crippen LogP contribution in [0.25, 0.3) is 0 Å². The normalized spacial score (nSPS) is 19.2. The molecule has 2 rings (SSSR count). The summed E-state index contributed by atoms with van der Waals surface area (Å²) in [6, 6.07) is -0.154. The van der Waals surface area contributed by atoms with Crippen molar-refractivity contribution < 1.29 is 14.7 Å². The summed E-state index contributed by atoms with van der Waals surface area (Å²) in [5, 5.41) is 16.5. The van der Waals surface area contributed by atoms with Crippen molar-refractivity contribution in [3.05, 3.63) is 16.1 Å². The third-order valence-electron chi connectivity index (χ3n) is 2.22. The molecule has 92 valence electrons. The lowest BCUT2D eigenvalue weighted by Crippen LogP contribution is -2.41. The Labute approximate surface area is 106 Å². The first kappa shape index (κ1) is 12.3. The van der Waals surface area contributed by atoms with Crippen molar-refractivity contribution in [1.29, 1.82) is 0 Å². The van der Waals surface area contributed by atoms with Crippen molar-refractivity contribution in [3.63, 3.8) is 0 Å². The number of carboxylic acid groups (broad SMARTS) is 1. The molecule has 17 heavy (non-hydrogen) atoms. The first-order valence-corrected chi connectivity index (χ1v) is 6.97. The summed E-state index contributed by atoms with van der Waals surface area (Å²) in [4.78, 5) is 26.1. The molecule has 1 fully saturated rings. The van der Waals surface area contributed by atoms with Crippen molar-refractivity contribution in [2.45, 2.75) is 12.6 Å². The second-order valence-corrected chi connectivity index (χ2v) is 5.39. The lowest BCUT2D eigenvalue weighted by atomic mass is 10.3. The fourth-order valence-corrected chi connectivity index (χ4v) is 2.99. The van der Waals surface area contributed by atoms with Gasteiger partial charge in [-0.05, 0) is 0 Å². The summed E-state index contributed by atoms with van der Waals surface area (Å²) in [7, 11) is 0. The zero-order valence-electron chi connectivity index (χ0n) is 8.80. The van der Waals surface area contributed by atoms with Gasteiger partial charge in [-0.15, -0.1) is 23.1 Å². The van der Waals surface area contributed by atoms with Gasteiger partial charge in [-0.2, -0.15) is 0 Å². The quantitative estimate of drug-likeness (QED) is 0.722. The predicted octanol–water partition coefficient (Wildman–Crippen LogP) is 0.120. The van der Waals surface area contributed by atoms with Gasteiger partial charge < -0.3 is 10.4 Å². The maximum absolute atomic E-state index is 11.6. The van der Waals surface area contributed by atoms with Gasteiger partial charge in [0.1, 0.15) is 5.01 Å². The number of thioether (sulfide) groups is 1. The molecule has 0 radical (unpaired) electrons. The Bertz CT molecular complexity index is 429. The average molecular weight is 273 g/mol. The van der Waals surface area contributed by atoms with E-state index in [2.05, 4.69) is 15.6 Å². The first-order valence-electron chi connectivity index (χ1n) is 4.93. The molecule has 0 aromatic carbocycles. The van der Waals surface area contributed by atoms with E-state index in [0.29, 0.717) is 5.01 Å². The Morgan fingerprint density at radius 1 is 1.65 bits per heavy atom. The number of aromatic carboxylic acids is 1. The zero-order chi connectivity index (χ0) is 12.3. The Kier molecular flexibility index (Phi) is 3.97. The molecule has 3 N–H and O–H groups in total. The minimum absolute atomic E-state index is 0.0220.